The van der Waals surface area contributed by atoms with E-state index in [0.717, 1.165) is 11.4 Å². The zero-order valence-electron chi connectivity index (χ0n) is 15.8. The lowest BCUT2D eigenvalue weighted by Crippen LogP contribution is -2.28. The molecule has 2 bridgehead atoms. The van der Waals surface area contributed by atoms with Crippen LogP contribution in [0.25, 0.3) is 0 Å². The predicted molar refractivity (Wildman–Crippen MR) is 100 cm³/mol. The molecule has 146 valence electrons. The molecule has 2 amide bonds. The lowest BCUT2D eigenvalue weighted by molar-refractivity contribution is -0.149. The molecule has 1 aliphatic heterocycles. The maximum atomic E-state index is 12.7. The zero-order chi connectivity index (χ0) is 19.8. The van der Waals surface area contributed by atoms with Crippen LogP contribution in [0.1, 0.15) is 25.8 Å². The molecule has 4 unspecified atom stereocenters. The van der Waals surface area contributed by atoms with E-state index in [9.17, 15) is 14.4 Å². The summed E-state index contributed by atoms with van der Waals surface area (Å²) in [4.78, 5) is 37.0. The molecule has 2 aliphatic carbocycles. The minimum atomic E-state index is -0.470. The number of carbonyl (C=O) groups excluding carboxylic acids is 3. The monoisotopic (exact) mass is 382 g/mol. The third-order valence-electron chi connectivity index (χ3n) is 5.39. The number of ether oxygens (including phenoxy) is 2. The number of carbonyl (C=O) groups is 3. The van der Waals surface area contributed by atoms with Crippen molar-refractivity contribution in [2.75, 3.05) is 6.61 Å². The van der Waals surface area contributed by atoms with Gasteiger partial charge >= 0.3 is 5.97 Å². The van der Waals surface area contributed by atoms with Gasteiger partial charge in [0.05, 0.1) is 24.2 Å². The quantitative estimate of drug-likeness (QED) is 0.326. The Morgan fingerprint density at radius 3 is 2.46 bits per heavy atom. The summed E-state index contributed by atoms with van der Waals surface area (Å²) in [5.41, 5.74) is 0.568. The molecule has 28 heavy (non-hydrogen) atoms. The number of imide groups is 1. The summed E-state index contributed by atoms with van der Waals surface area (Å²) in [5.74, 6) is -0.781. The van der Waals surface area contributed by atoms with E-state index in [-0.39, 0.29) is 48.2 Å². The normalized spacial score (nSPS) is 27.9. The van der Waals surface area contributed by atoms with Crippen molar-refractivity contribution < 1.29 is 23.9 Å². The van der Waals surface area contributed by atoms with E-state index in [1.807, 2.05) is 12.2 Å². The van der Waals surface area contributed by atoms with E-state index < -0.39 is 5.97 Å². The van der Waals surface area contributed by atoms with Gasteiger partial charge in [-0.15, -0.1) is 0 Å². The fourth-order valence-corrected chi connectivity index (χ4v) is 4.27. The third kappa shape index (κ3) is 3.21. The first-order valence-corrected chi connectivity index (χ1v) is 9.47. The molecule has 1 aromatic carbocycles. The highest BCUT2D eigenvalue weighted by Crippen LogP contribution is 2.52. The van der Waals surface area contributed by atoms with Crippen molar-refractivity contribution in [2.24, 2.45) is 28.8 Å². The summed E-state index contributed by atoms with van der Waals surface area (Å²) >= 11 is 0. The number of rotatable bonds is 6. The summed E-state index contributed by atoms with van der Waals surface area (Å²) in [6.07, 6.45) is 6.18. The summed E-state index contributed by atoms with van der Waals surface area (Å²) < 4.78 is 10.6. The number of allylic oxidation sites excluding steroid dienone is 2. The molecular formula is C21H22N2O5. The van der Waals surface area contributed by atoms with E-state index in [1.54, 1.807) is 38.1 Å². The fraction of sp³-hybridized carbons (Fsp3) is 0.429. The van der Waals surface area contributed by atoms with Crippen LogP contribution in [0.15, 0.2) is 41.5 Å². The van der Waals surface area contributed by atoms with Crippen LogP contribution in [0.4, 0.5) is 0 Å². The van der Waals surface area contributed by atoms with Gasteiger partial charge in [-0.1, -0.05) is 24.3 Å². The number of amides is 2. The van der Waals surface area contributed by atoms with E-state index in [2.05, 4.69) is 5.10 Å². The molecule has 0 N–H and O–H groups in total. The van der Waals surface area contributed by atoms with Crippen LogP contribution in [-0.4, -0.2) is 41.7 Å². The van der Waals surface area contributed by atoms with Gasteiger partial charge in [-0.3, -0.25) is 9.59 Å². The highest BCUT2D eigenvalue weighted by atomic mass is 16.6. The molecule has 0 spiro atoms. The van der Waals surface area contributed by atoms with Gasteiger partial charge in [0.25, 0.3) is 11.8 Å². The van der Waals surface area contributed by atoms with Crippen LogP contribution in [0, 0.1) is 23.7 Å². The van der Waals surface area contributed by atoms with Crippen molar-refractivity contribution >= 4 is 24.0 Å². The molecule has 4 atom stereocenters. The Bertz CT molecular complexity index is 845. The number of nitrogens with zero attached hydrogens (tertiary/aromatic N) is 2. The smallest absolute Gasteiger partial charge is 0.344 e. The molecule has 1 saturated heterocycles. The van der Waals surface area contributed by atoms with Crippen molar-refractivity contribution in [3.05, 3.63) is 42.0 Å². The topological polar surface area (TPSA) is 85.3 Å². The zero-order valence-corrected chi connectivity index (χ0v) is 15.8. The van der Waals surface area contributed by atoms with E-state index >= 15 is 0 Å². The number of fused-ring (bicyclic) bond motifs is 5. The Morgan fingerprint density at radius 1 is 1.18 bits per heavy atom. The van der Waals surface area contributed by atoms with Crippen LogP contribution in [-0.2, 0) is 19.1 Å². The first-order chi connectivity index (χ1) is 13.5. The van der Waals surface area contributed by atoms with Gasteiger partial charge in [0.15, 0.2) is 6.61 Å². The maximum Gasteiger partial charge on any atom is 0.344 e. The Labute approximate surface area is 163 Å². The first-order valence-electron chi connectivity index (χ1n) is 9.47. The third-order valence-corrected chi connectivity index (χ3v) is 5.39. The van der Waals surface area contributed by atoms with Crippen molar-refractivity contribution in [1.29, 1.82) is 0 Å². The summed E-state index contributed by atoms with van der Waals surface area (Å²) in [5, 5.41) is 5.15. The van der Waals surface area contributed by atoms with Gasteiger partial charge in [0.2, 0.25) is 0 Å². The molecule has 7 nitrogen and oxygen atoms in total. The predicted octanol–water partition coefficient (Wildman–Crippen LogP) is 2.16. The van der Waals surface area contributed by atoms with Gasteiger partial charge in [0.1, 0.15) is 5.75 Å². The second kappa shape index (κ2) is 7.22. The van der Waals surface area contributed by atoms with Crippen LogP contribution in [0.3, 0.4) is 0 Å². The van der Waals surface area contributed by atoms with Crippen molar-refractivity contribution in [2.45, 2.75) is 26.4 Å². The SMILES string of the molecule is CC(C)OC(=O)COc1ccccc1C=NN1C(=O)C2C3C=CC(C3)C2C1=O. The molecule has 2 fully saturated rings. The van der Waals surface area contributed by atoms with Crippen LogP contribution in [0.5, 0.6) is 5.75 Å². The Morgan fingerprint density at radius 2 is 1.82 bits per heavy atom. The maximum absolute atomic E-state index is 12.7. The molecule has 3 aliphatic rings. The molecule has 1 saturated carbocycles. The van der Waals surface area contributed by atoms with Crippen LogP contribution >= 0.6 is 0 Å². The molecule has 1 aromatic rings. The van der Waals surface area contributed by atoms with Crippen LogP contribution in [0.2, 0.25) is 0 Å². The van der Waals surface area contributed by atoms with Gasteiger partial charge in [-0.25, -0.2) is 4.79 Å². The van der Waals surface area contributed by atoms with E-state index in [0.29, 0.717) is 11.3 Å². The average Bonchev–Trinajstić information content (AvgIpc) is 3.33. The number of hydrogen-bond donors (Lipinski definition) is 0. The number of para-hydroxylation sites is 1. The number of esters is 1. The first kappa shape index (κ1) is 18.4. The van der Waals surface area contributed by atoms with Crippen molar-refractivity contribution in [1.82, 2.24) is 5.01 Å². The van der Waals surface area contributed by atoms with Gasteiger partial charge in [-0.2, -0.15) is 10.1 Å². The molecule has 1 heterocycles. The highest BCUT2D eigenvalue weighted by molar-refractivity contribution is 6.06. The largest absolute Gasteiger partial charge is 0.481 e. The van der Waals surface area contributed by atoms with Gasteiger partial charge in [0, 0.05) is 5.56 Å². The Balaban J connectivity index is 1.46. The minimum absolute atomic E-state index is 0.147. The second-order valence-electron chi connectivity index (χ2n) is 7.60. The molecule has 4 rings (SSSR count). The molecular weight excluding hydrogens is 360 g/mol. The molecule has 0 radical (unpaired) electrons. The summed E-state index contributed by atoms with van der Waals surface area (Å²) in [7, 11) is 0. The van der Waals surface area contributed by atoms with E-state index in [4.69, 9.17) is 9.47 Å². The molecule has 0 aromatic heterocycles. The number of hydrazone groups is 1. The van der Waals surface area contributed by atoms with Gasteiger partial charge in [-0.05, 0) is 44.2 Å². The summed E-state index contributed by atoms with van der Waals surface area (Å²) in [6, 6.07) is 6.98. The van der Waals surface area contributed by atoms with Crippen LogP contribution < -0.4 is 4.74 Å². The fourth-order valence-electron chi connectivity index (χ4n) is 4.27. The van der Waals surface area contributed by atoms with Crippen molar-refractivity contribution in [3.63, 3.8) is 0 Å². The highest BCUT2D eigenvalue weighted by Gasteiger charge is 2.59. The lowest BCUT2D eigenvalue weighted by Gasteiger charge is -2.13. The second-order valence-corrected chi connectivity index (χ2v) is 7.60. The average molecular weight is 382 g/mol. The van der Waals surface area contributed by atoms with Gasteiger partial charge < -0.3 is 9.47 Å². The minimum Gasteiger partial charge on any atom is -0.481 e. The van der Waals surface area contributed by atoms with Crippen molar-refractivity contribution in [3.8, 4) is 5.75 Å². The Kier molecular flexibility index (Phi) is 4.75. The Hall–Kier alpha value is -2.96. The number of benzene rings is 1. The standard InChI is InChI=1S/C21H22N2O5/c1-12(2)28-17(24)11-27-16-6-4-3-5-15(16)10-22-23-20(25)18-13-7-8-14(9-13)19(18)21(23)26/h3-8,10,12-14,18-19H,9,11H2,1-2H3. The molecule has 7 heteroatoms. The van der Waals surface area contributed by atoms with E-state index in [1.165, 1.54) is 6.21 Å². The number of hydrogen-bond acceptors (Lipinski definition) is 6. The summed E-state index contributed by atoms with van der Waals surface area (Å²) in [6.45, 7) is 3.29. The lowest BCUT2D eigenvalue weighted by atomic mass is 9.85.